The Morgan fingerprint density at radius 3 is 2.54 bits per heavy atom. The normalized spacial score (nSPS) is 25.3. The van der Waals surface area contributed by atoms with Crippen LogP contribution in [0.15, 0.2) is 30.3 Å². The monoisotopic (exact) mass is 193 g/mol. The lowest BCUT2D eigenvalue weighted by atomic mass is 10.3. The fourth-order valence-electron chi connectivity index (χ4n) is 1.20. The molecule has 13 heavy (non-hydrogen) atoms. The summed E-state index contributed by atoms with van der Waals surface area (Å²) in [6.07, 6.45) is 0. The van der Waals surface area contributed by atoms with Crippen LogP contribution in [0.1, 0.15) is 6.92 Å². The number of hydrogen-bond donors (Lipinski definition) is 1. The number of para-hydroxylation sites is 1. The molecular weight excluding hydrogens is 182 g/mol. The average Bonchev–Trinajstić information content (AvgIpc) is 2.84. The Bertz CT molecular complexity index is 312. The summed E-state index contributed by atoms with van der Waals surface area (Å²) in [6.45, 7) is 2.07. The van der Waals surface area contributed by atoms with Crippen molar-refractivity contribution in [3.63, 3.8) is 0 Å². The van der Waals surface area contributed by atoms with Crippen molar-refractivity contribution in [3.05, 3.63) is 30.3 Å². The zero-order valence-corrected chi connectivity index (χ0v) is 8.17. The smallest absolute Gasteiger partial charge is 0.238 e. The van der Waals surface area contributed by atoms with Crippen LogP contribution in [0.4, 0.5) is 5.69 Å². The van der Waals surface area contributed by atoms with Gasteiger partial charge in [-0.1, -0.05) is 25.1 Å². The van der Waals surface area contributed by atoms with Crippen molar-refractivity contribution in [3.8, 4) is 0 Å². The molecule has 0 radical (unpaired) electrons. The van der Waals surface area contributed by atoms with Crippen LogP contribution in [0.3, 0.4) is 0 Å². The van der Waals surface area contributed by atoms with Gasteiger partial charge in [0.25, 0.3) is 0 Å². The van der Waals surface area contributed by atoms with Crippen molar-refractivity contribution < 1.29 is 4.79 Å². The van der Waals surface area contributed by atoms with Gasteiger partial charge < -0.3 is 5.32 Å². The Morgan fingerprint density at radius 1 is 1.38 bits per heavy atom. The first-order chi connectivity index (χ1) is 6.27. The molecule has 68 valence electrons. The number of nitrogens with one attached hydrogen (secondary N) is 1. The minimum Gasteiger partial charge on any atom is -0.325 e. The second kappa shape index (κ2) is 3.42. The third-order valence-electron chi connectivity index (χ3n) is 2.01. The van der Waals surface area contributed by atoms with Crippen molar-refractivity contribution in [1.29, 1.82) is 0 Å². The molecule has 0 unspecified atom stereocenters. The van der Waals surface area contributed by atoms with E-state index in [2.05, 4.69) is 12.2 Å². The fourth-order valence-corrected chi connectivity index (χ4v) is 1.87. The third-order valence-corrected chi connectivity index (χ3v) is 3.31. The van der Waals surface area contributed by atoms with Crippen LogP contribution in [0, 0.1) is 0 Å². The first-order valence-electron chi connectivity index (χ1n) is 4.29. The van der Waals surface area contributed by atoms with Crippen molar-refractivity contribution >= 4 is 23.4 Å². The third kappa shape index (κ3) is 2.04. The summed E-state index contributed by atoms with van der Waals surface area (Å²) in [4.78, 5) is 11.5. The Kier molecular flexibility index (Phi) is 2.27. The molecule has 3 heteroatoms. The molecule has 2 nitrogen and oxygen atoms in total. The highest BCUT2D eigenvalue weighted by Crippen LogP contribution is 2.41. The maximum atomic E-state index is 11.5. The Balaban J connectivity index is 1.95. The van der Waals surface area contributed by atoms with E-state index < -0.39 is 0 Å². The maximum Gasteiger partial charge on any atom is 0.238 e. The Morgan fingerprint density at radius 2 is 2.00 bits per heavy atom. The van der Waals surface area contributed by atoms with E-state index in [1.807, 2.05) is 30.3 Å². The van der Waals surface area contributed by atoms with Crippen LogP contribution in [-0.4, -0.2) is 16.4 Å². The molecule has 1 heterocycles. The van der Waals surface area contributed by atoms with Gasteiger partial charge in [0.2, 0.25) is 5.91 Å². The molecule has 1 saturated heterocycles. The van der Waals surface area contributed by atoms with Gasteiger partial charge in [-0.25, -0.2) is 0 Å². The van der Waals surface area contributed by atoms with Crippen LogP contribution in [0.25, 0.3) is 0 Å². The molecule has 1 N–H and O–H groups in total. The lowest BCUT2D eigenvalue weighted by molar-refractivity contribution is -0.115. The summed E-state index contributed by atoms with van der Waals surface area (Å²) in [7, 11) is 0. The number of carbonyl (C=O) groups excluding carboxylic acids is 1. The highest BCUT2D eigenvalue weighted by Gasteiger charge is 2.40. The summed E-state index contributed by atoms with van der Waals surface area (Å²) in [6, 6.07) is 9.56. The molecular formula is C10H11NOS. The predicted octanol–water partition coefficient (Wildman–Crippen LogP) is 2.13. The summed E-state index contributed by atoms with van der Waals surface area (Å²) in [5, 5.41) is 3.53. The van der Waals surface area contributed by atoms with Gasteiger partial charge in [0.1, 0.15) is 0 Å². The molecule has 0 aliphatic carbocycles. The lowest BCUT2D eigenvalue weighted by Gasteiger charge is -2.01. The summed E-state index contributed by atoms with van der Waals surface area (Å²) < 4.78 is 0. The molecule has 2 rings (SSSR count). The van der Waals surface area contributed by atoms with E-state index in [0.29, 0.717) is 5.25 Å². The van der Waals surface area contributed by atoms with Gasteiger partial charge >= 0.3 is 0 Å². The summed E-state index contributed by atoms with van der Waals surface area (Å²) in [5.74, 6) is 0.128. The van der Waals surface area contributed by atoms with Gasteiger partial charge in [-0.2, -0.15) is 0 Å². The first kappa shape index (κ1) is 8.63. The van der Waals surface area contributed by atoms with E-state index in [4.69, 9.17) is 0 Å². The molecule has 1 aromatic rings. The minimum absolute atomic E-state index is 0.128. The van der Waals surface area contributed by atoms with Crippen molar-refractivity contribution in [1.82, 2.24) is 0 Å². The number of rotatable bonds is 2. The van der Waals surface area contributed by atoms with Gasteiger partial charge in [-0.05, 0) is 12.1 Å². The molecule has 0 saturated carbocycles. The first-order valence-corrected chi connectivity index (χ1v) is 5.23. The number of hydrogen-bond acceptors (Lipinski definition) is 2. The number of anilines is 1. The molecule has 1 aliphatic rings. The quantitative estimate of drug-likeness (QED) is 0.729. The van der Waals surface area contributed by atoms with Crippen LogP contribution in [-0.2, 0) is 4.79 Å². The molecule has 0 bridgehead atoms. The fraction of sp³-hybridized carbons (Fsp3) is 0.300. The van der Waals surface area contributed by atoms with E-state index >= 15 is 0 Å². The van der Waals surface area contributed by atoms with Crippen LogP contribution < -0.4 is 5.32 Å². The molecule has 0 aromatic heterocycles. The topological polar surface area (TPSA) is 29.1 Å². The highest BCUT2D eigenvalue weighted by molar-refractivity contribution is 8.08. The molecule has 1 amide bonds. The van der Waals surface area contributed by atoms with E-state index in [9.17, 15) is 4.79 Å². The van der Waals surface area contributed by atoms with Crippen molar-refractivity contribution in [2.24, 2.45) is 0 Å². The van der Waals surface area contributed by atoms with E-state index in [1.54, 1.807) is 11.8 Å². The molecule has 1 fully saturated rings. The Labute approximate surface area is 81.7 Å². The van der Waals surface area contributed by atoms with E-state index in [-0.39, 0.29) is 11.2 Å². The van der Waals surface area contributed by atoms with Gasteiger partial charge in [-0.15, -0.1) is 11.8 Å². The van der Waals surface area contributed by atoms with Gasteiger partial charge in [0.05, 0.1) is 5.25 Å². The zero-order valence-electron chi connectivity index (χ0n) is 7.36. The number of carbonyl (C=O) groups is 1. The second-order valence-electron chi connectivity index (χ2n) is 3.12. The molecule has 0 spiro atoms. The molecule has 1 aromatic carbocycles. The van der Waals surface area contributed by atoms with Crippen LogP contribution in [0.5, 0.6) is 0 Å². The molecule has 1 aliphatic heterocycles. The van der Waals surface area contributed by atoms with Gasteiger partial charge in [0, 0.05) is 10.9 Å². The average molecular weight is 193 g/mol. The SMILES string of the molecule is C[C@@H]1S[C@@H]1C(=O)Nc1ccccc1. The zero-order chi connectivity index (χ0) is 9.26. The van der Waals surface area contributed by atoms with Crippen molar-refractivity contribution in [2.45, 2.75) is 17.4 Å². The van der Waals surface area contributed by atoms with Gasteiger partial charge in [-0.3, -0.25) is 4.79 Å². The number of thioether (sulfide) groups is 1. The largest absolute Gasteiger partial charge is 0.325 e. The summed E-state index contributed by atoms with van der Waals surface area (Å²) in [5.41, 5.74) is 0.882. The van der Waals surface area contributed by atoms with Crippen molar-refractivity contribution in [2.75, 3.05) is 5.32 Å². The standard InChI is InChI=1S/C10H11NOS/c1-7-9(13-7)10(12)11-8-5-3-2-4-6-8/h2-7,9H,1H3,(H,11,12)/t7-,9-/m0/s1. The van der Waals surface area contributed by atoms with E-state index in [0.717, 1.165) is 5.69 Å². The maximum absolute atomic E-state index is 11.5. The predicted molar refractivity (Wildman–Crippen MR) is 55.9 cm³/mol. The second-order valence-corrected chi connectivity index (χ2v) is 4.64. The summed E-state index contributed by atoms with van der Waals surface area (Å²) >= 11 is 1.71. The van der Waals surface area contributed by atoms with Crippen LogP contribution >= 0.6 is 11.8 Å². The number of amides is 1. The minimum atomic E-state index is 0.128. The van der Waals surface area contributed by atoms with E-state index in [1.165, 1.54) is 0 Å². The van der Waals surface area contributed by atoms with Gasteiger partial charge in [0.15, 0.2) is 0 Å². The number of benzene rings is 1. The van der Waals surface area contributed by atoms with Crippen LogP contribution in [0.2, 0.25) is 0 Å². The lowest BCUT2D eigenvalue weighted by Crippen LogP contribution is -2.18. The Hall–Kier alpha value is -0.960. The highest BCUT2D eigenvalue weighted by atomic mass is 32.2. The molecule has 2 atom stereocenters.